The maximum Gasteiger partial charge on any atom is 0.0630 e. The van der Waals surface area contributed by atoms with Gasteiger partial charge in [-0.25, -0.2) is 0 Å². The predicted octanol–water partition coefficient (Wildman–Crippen LogP) is 6.37. The first kappa shape index (κ1) is 17.3. The van der Waals surface area contributed by atoms with Crippen LogP contribution in [0.4, 0.5) is 11.4 Å². The predicted molar refractivity (Wildman–Crippen MR) is 110 cm³/mol. The van der Waals surface area contributed by atoms with Gasteiger partial charge >= 0.3 is 0 Å². The summed E-state index contributed by atoms with van der Waals surface area (Å²) in [4.78, 5) is 11.3. The third kappa shape index (κ3) is 4.97. The standard InChI is InChI=1S/C22H22N2S/c1-3-17-5-9-19(10-6-17)23-15-21-13-14-22(25-21)16-24-20-11-7-18(4-2)8-12-20/h5-16H,3-4H2,1-2H3. The minimum absolute atomic E-state index is 0.983. The molecular weight excluding hydrogens is 324 g/mol. The molecule has 2 nitrogen and oxygen atoms in total. The maximum absolute atomic E-state index is 4.54. The molecule has 0 N–H and O–H groups in total. The van der Waals surface area contributed by atoms with E-state index in [1.54, 1.807) is 11.3 Å². The summed E-state index contributed by atoms with van der Waals surface area (Å²) in [6, 6.07) is 20.9. The minimum atomic E-state index is 0.983. The van der Waals surface area contributed by atoms with Crippen molar-refractivity contribution in [3.63, 3.8) is 0 Å². The van der Waals surface area contributed by atoms with E-state index in [9.17, 15) is 0 Å². The van der Waals surface area contributed by atoms with E-state index in [1.165, 1.54) is 11.1 Å². The van der Waals surface area contributed by atoms with Gasteiger partial charge in [-0.2, -0.15) is 0 Å². The van der Waals surface area contributed by atoms with Crippen LogP contribution in [0.5, 0.6) is 0 Å². The Hall–Kier alpha value is -2.52. The van der Waals surface area contributed by atoms with Gasteiger partial charge in [0.1, 0.15) is 0 Å². The number of hydrogen-bond donors (Lipinski definition) is 0. The topological polar surface area (TPSA) is 24.7 Å². The molecule has 0 atom stereocenters. The van der Waals surface area contributed by atoms with Crippen LogP contribution in [-0.4, -0.2) is 12.4 Å². The van der Waals surface area contributed by atoms with Gasteiger partial charge in [0.25, 0.3) is 0 Å². The third-order valence-corrected chi connectivity index (χ3v) is 4.97. The van der Waals surface area contributed by atoms with Crippen LogP contribution in [-0.2, 0) is 12.8 Å². The second-order valence-electron chi connectivity index (χ2n) is 5.80. The molecule has 0 fully saturated rings. The molecule has 0 spiro atoms. The SMILES string of the molecule is CCc1ccc(N=Cc2ccc(C=Nc3ccc(CC)cc3)s2)cc1. The van der Waals surface area contributed by atoms with Crippen molar-refractivity contribution in [1.82, 2.24) is 0 Å². The monoisotopic (exact) mass is 346 g/mol. The number of hydrogen-bond acceptors (Lipinski definition) is 3. The summed E-state index contributed by atoms with van der Waals surface area (Å²) in [5.41, 5.74) is 4.63. The fourth-order valence-electron chi connectivity index (χ4n) is 2.42. The number of aliphatic imine (C=N–C) groups is 2. The van der Waals surface area contributed by atoms with Crippen molar-refractivity contribution in [2.75, 3.05) is 0 Å². The Morgan fingerprint density at radius 3 is 1.40 bits per heavy atom. The third-order valence-electron chi connectivity index (χ3n) is 4.02. The van der Waals surface area contributed by atoms with Gasteiger partial charge in [0, 0.05) is 22.2 Å². The first-order valence-electron chi connectivity index (χ1n) is 8.62. The summed E-state index contributed by atoms with van der Waals surface area (Å²) in [5, 5.41) is 0. The van der Waals surface area contributed by atoms with Gasteiger partial charge in [0.15, 0.2) is 0 Å². The van der Waals surface area contributed by atoms with Gasteiger partial charge in [0.2, 0.25) is 0 Å². The first-order chi connectivity index (χ1) is 12.3. The average molecular weight is 346 g/mol. The average Bonchev–Trinajstić information content (AvgIpc) is 3.13. The molecule has 1 aromatic heterocycles. The van der Waals surface area contributed by atoms with Crippen LogP contribution >= 0.6 is 11.3 Å². The lowest BCUT2D eigenvalue weighted by molar-refractivity contribution is 1.14. The van der Waals surface area contributed by atoms with Crippen molar-refractivity contribution in [2.24, 2.45) is 9.98 Å². The number of rotatable bonds is 6. The number of nitrogens with zero attached hydrogens (tertiary/aromatic N) is 2. The van der Waals surface area contributed by atoms with Crippen molar-refractivity contribution < 1.29 is 0 Å². The van der Waals surface area contributed by atoms with Crippen molar-refractivity contribution in [2.45, 2.75) is 26.7 Å². The molecule has 1 heterocycles. The van der Waals surface area contributed by atoms with E-state index >= 15 is 0 Å². The Kier molecular flexibility index (Phi) is 5.91. The molecule has 3 rings (SSSR count). The number of aryl methyl sites for hydroxylation is 2. The zero-order chi connectivity index (χ0) is 17.5. The minimum Gasteiger partial charge on any atom is -0.255 e. The Morgan fingerprint density at radius 2 is 1.04 bits per heavy atom. The fourth-order valence-corrected chi connectivity index (χ4v) is 3.17. The lowest BCUT2D eigenvalue weighted by Crippen LogP contribution is -1.78. The van der Waals surface area contributed by atoms with E-state index < -0.39 is 0 Å². The Balaban J connectivity index is 1.64. The molecule has 0 amide bonds. The largest absolute Gasteiger partial charge is 0.255 e. The molecule has 3 aromatic rings. The molecule has 2 aromatic carbocycles. The smallest absolute Gasteiger partial charge is 0.0630 e. The summed E-state index contributed by atoms with van der Waals surface area (Å²) in [6.45, 7) is 4.32. The zero-order valence-electron chi connectivity index (χ0n) is 14.6. The molecule has 126 valence electrons. The van der Waals surface area contributed by atoms with Crippen molar-refractivity contribution >= 4 is 35.1 Å². The maximum atomic E-state index is 4.54. The van der Waals surface area contributed by atoms with Crippen LogP contribution in [0, 0.1) is 0 Å². The highest BCUT2D eigenvalue weighted by molar-refractivity contribution is 7.15. The van der Waals surface area contributed by atoms with E-state index in [2.05, 4.69) is 84.5 Å². The second-order valence-corrected chi connectivity index (χ2v) is 6.94. The summed E-state index contributed by atoms with van der Waals surface area (Å²) < 4.78 is 0. The summed E-state index contributed by atoms with van der Waals surface area (Å²) in [6.07, 6.45) is 5.94. The number of thiophene rings is 1. The van der Waals surface area contributed by atoms with E-state index in [1.807, 2.05) is 12.4 Å². The van der Waals surface area contributed by atoms with Gasteiger partial charge in [-0.3, -0.25) is 9.98 Å². The highest BCUT2D eigenvalue weighted by atomic mass is 32.1. The molecule has 0 aliphatic rings. The van der Waals surface area contributed by atoms with Crippen LogP contribution in [0.1, 0.15) is 34.7 Å². The highest BCUT2D eigenvalue weighted by Gasteiger charge is 1.97. The summed E-state index contributed by atoms with van der Waals surface area (Å²) in [7, 11) is 0. The zero-order valence-corrected chi connectivity index (χ0v) is 15.5. The van der Waals surface area contributed by atoms with Crippen LogP contribution in [0.25, 0.3) is 0 Å². The molecule has 3 heteroatoms. The summed E-state index contributed by atoms with van der Waals surface area (Å²) in [5.74, 6) is 0. The Bertz CT molecular complexity index is 784. The second kappa shape index (κ2) is 8.54. The van der Waals surface area contributed by atoms with E-state index in [-0.39, 0.29) is 0 Å². The van der Waals surface area contributed by atoms with Crippen LogP contribution < -0.4 is 0 Å². The van der Waals surface area contributed by atoms with Gasteiger partial charge in [0.05, 0.1) is 11.4 Å². The molecular formula is C22H22N2S. The van der Waals surface area contributed by atoms with Gasteiger partial charge in [-0.05, 0) is 60.4 Å². The van der Waals surface area contributed by atoms with Crippen molar-refractivity contribution in [3.05, 3.63) is 81.5 Å². The lowest BCUT2D eigenvalue weighted by Gasteiger charge is -1.96. The van der Waals surface area contributed by atoms with Crippen LogP contribution in [0.3, 0.4) is 0 Å². The van der Waals surface area contributed by atoms with E-state index in [0.717, 1.165) is 34.0 Å². The van der Waals surface area contributed by atoms with Crippen LogP contribution in [0.15, 0.2) is 70.6 Å². The van der Waals surface area contributed by atoms with E-state index in [0.29, 0.717) is 0 Å². The quantitative estimate of drug-likeness (QED) is 0.463. The normalized spacial score (nSPS) is 11.6. The van der Waals surface area contributed by atoms with Gasteiger partial charge < -0.3 is 0 Å². The molecule has 0 aliphatic heterocycles. The van der Waals surface area contributed by atoms with Gasteiger partial charge in [-0.1, -0.05) is 38.1 Å². The molecule has 25 heavy (non-hydrogen) atoms. The highest BCUT2D eigenvalue weighted by Crippen LogP contribution is 2.18. The molecule has 0 aliphatic carbocycles. The molecule has 0 unspecified atom stereocenters. The first-order valence-corrected chi connectivity index (χ1v) is 9.44. The molecule has 0 saturated carbocycles. The summed E-state index contributed by atoms with van der Waals surface area (Å²) >= 11 is 1.69. The van der Waals surface area contributed by atoms with E-state index in [4.69, 9.17) is 0 Å². The number of benzene rings is 2. The van der Waals surface area contributed by atoms with Crippen LogP contribution in [0.2, 0.25) is 0 Å². The Labute approximate surface area is 153 Å². The molecule has 0 saturated heterocycles. The molecule has 0 bridgehead atoms. The lowest BCUT2D eigenvalue weighted by atomic mass is 10.1. The Morgan fingerprint density at radius 1 is 0.640 bits per heavy atom. The van der Waals surface area contributed by atoms with Crippen molar-refractivity contribution in [3.8, 4) is 0 Å². The molecule has 0 radical (unpaired) electrons. The fraction of sp³-hybridized carbons (Fsp3) is 0.182. The van der Waals surface area contributed by atoms with Gasteiger partial charge in [-0.15, -0.1) is 11.3 Å². The van der Waals surface area contributed by atoms with Crippen molar-refractivity contribution in [1.29, 1.82) is 0 Å².